The number of nitro groups is 1. The topological polar surface area (TPSA) is 104 Å². The van der Waals surface area contributed by atoms with Gasteiger partial charge >= 0.3 is 5.97 Å². The Labute approximate surface area is 102 Å². The van der Waals surface area contributed by atoms with Crippen molar-refractivity contribution in [2.45, 2.75) is 0 Å². The van der Waals surface area contributed by atoms with Gasteiger partial charge in [0.25, 0.3) is 5.69 Å². The number of carboxylic acid groups (broad SMARTS) is 1. The van der Waals surface area contributed by atoms with Gasteiger partial charge in [-0.3, -0.25) is 10.1 Å². The van der Waals surface area contributed by atoms with E-state index in [0.717, 1.165) is 6.08 Å². The van der Waals surface area contributed by atoms with Crippen LogP contribution in [0.4, 0.5) is 5.69 Å². The van der Waals surface area contributed by atoms with Crippen LogP contribution in [-0.4, -0.2) is 16.0 Å². The highest BCUT2D eigenvalue weighted by Gasteiger charge is 2.02. The van der Waals surface area contributed by atoms with Crippen molar-refractivity contribution in [1.82, 2.24) is 0 Å². The molecule has 0 amide bonds. The Bertz CT molecular complexity index is 565. The summed E-state index contributed by atoms with van der Waals surface area (Å²) in [6.45, 7) is 0. The fraction of sp³-hybridized carbons (Fsp3) is 0. The maximum absolute atomic E-state index is 10.4. The van der Waals surface area contributed by atoms with Crippen molar-refractivity contribution in [3.63, 3.8) is 0 Å². The number of hydrogen-bond acceptors (Lipinski definition) is 4. The maximum Gasteiger partial charge on any atom is 0.329 e. The van der Waals surface area contributed by atoms with E-state index in [4.69, 9.17) is 10.4 Å². The molecule has 0 aliphatic carbocycles. The van der Waals surface area contributed by atoms with Crippen LogP contribution in [0.5, 0.6) is 0 Å². The predicted octanol–water partition coefficient (Wildman–Crippen LogP) is 2.14. The number of allylic oxidation sites excluding steroid dienone is 2. The lowest BCUT2D eigenvalue weighted by molar-refractivity contribution is -0.384. The van der Waals surface area contributed by atoms with Crippen LogP contribution < -0.4 is 0 Å². The van der Waals surface area contributed by atoms with Gasteiger partial charge in [-0.15, -0.1) is 0 Å². The molecular weight excluding hydrogens is 236 g/mol. The molecule has 0 spiro atoms. The molecule has 0 heterocycles. The summed E-state index contributed by atoms with van der Waals surface area (Å²) in [5, 5.41) is 27.5. The third-order valence-electron chi connectivity index (χ3n) is 1.97. The normalized spacial score (nSPS) is 11.2. The van der Waals surface area contributed by atoms with Crippen molar-refractivity contribution in [3.8, 4) is 6.07 Å². The quantitative estimate of drug-likeness (QED) is 0.287. The molecule has 1 aromatic carbocycles. The molecule has 90 valence electrons. The Balaban J connectivity index is 2.88. The second-order valence-corrected chi connectivity index (χ2v) is 3.23. The summed E-state index contributed by atoms with van der Waals surface area (Å²) >= 11 is 0. The van der Waals surface area contributed by atoms with Crippen LogP contribution in [0.25, 0.3) is 6.08 Å². The molecule has 0 saturated carbocycles. The van der Waals surface area contributed by atoms with Crippen LogP contribution in [0, 0.1) is 21.4 Å². The zero-order valence-corrected chi connectivity index (χ0v) is 9.11. The zero-order valence-electron chi connectivity index (χ0n) is 9.11. The molecule has 0 unspecified atom stereocenters. The number of hydrogen-bond donors (Lipinski definition) is 1. The van der Waals surface area contributed by atoms with Crippen molar-refractivity contribution in [2.75, 3.05) is 0 Å². The minimum atomic E-state index is -1.21. The van der Waals surface area contributed by atoms with Gasteiger partial charge in [-0.05, 0) is 23.8 Å². The van der Waals surface area contributed by atoms with Gasteiger partial charge in [-0.1, -0.05) is 6.08 Å². The van der Waals surface area contributed by atoms with Crippen LogP contribution in [0.15, 0.2) is 42.0 Å². The van der Waals surface area contributed by atoms with Crippen molar-refractivity contribution >= 4 is 17.7 Å². The third-order valence-corrected chi connectivity index (χ3v) is 1.97. The maximum atomic E-state index is 10.4. The van der Waals surface area contributed by atoms with E-state index in [1.165, 1.54) is 36.4 Å². The lowest BCUT2D eigenvalue weighted by Gasteiger charge is -1.93. The number of benzene rings is 1. The number of nitro benzene ring substituents is 1. The van der Waals surface area contributed by atoms with E-state index >= 15 is 0 Å². The lowest BCUT2D eigenvalue weighted by Crippen LogP contribution is -1.89. The fourth-order valence-electron chi connectivity index (χ4n) is 1.14. The Morgan fingerprint density at radius 1 is 1.39 bits per heavy atom. The highest BCUT2D eigenvalue weighted by Crippen LogP contribution is 2.13. The largest absolute Gasteiger partial charge is 0.478 e. The van der Waals surface area contributed by atoms with Gasteiger partial charge in [0.05, 0.1) is 16.6 Å². The molecule has 0 aliphatic rings. The molecule has 0 fully saturated rings. The van der Waals surface area contributed by atoms with Crippen molar-refractivity contribution in [1.29, 1.82) is 5.26 Å². The molecular formula is C12H8N2O4. The number of carbonyl (C=O) groups is 1. The van der Waals surface area contributed by atoms with Gasteiger partial charge in [0.15, 0.2) is 0 Å². The van der Waals surface area contributed by atoms with Gasteiger partial charge in [-0.2, -0.15) is 5.26 Å². The van der Waals surface area contributed by atoms with Gasteiger partial charge in [0, 0.05) is 18.2 Å². The van der Waals surface area contributed by atoms with E-state index < -0.39 is 10.9 Å². The molecule has 0 aromatic heterocycles. The fourth-order valence-corrected chi connectivity index (χ4v) is 1.14. The second kappa shape index (κ2) is 5.96. The van der Waals surface area contributed by atoms with E-state index in [9.17, 15) is 14.9 Å². The van der Waals surface area contributed by atoms with E-state index in [1.54, 1.807) is 6.07 Å². The minimum Gasteiger partial charge on any atom is -0.478 e. The van der Waals surface area contributed by atoms with Gasteiger partial charge in [0.1, 0.15) is 0 Å². The Morgan fingerprint density at radius 2 is 2.00 bits per heavy atom. The molecule has 18 heavy (non-hydrogen) atoms. The number of rotatable bonds is 4. The lowest BCUT2D eigenvalue weighted by atomic mass is 10.1. The first-order valence-corrected chi connectivity index (χ1v) is 4.80. The smallest absolute Gasteiger partial charge is 0.329 e. The first-order chi connectivity index (χ1) is 8.52. The molecule has 6 nitrogen and oxygen atoms in total. The summed E-state index contributed by atoms with van der Waals surface area (Å²) in [5.41, 5.74) is 0.585. The van der Waals surface area contributed by atoms with Gasteiger partial charge < -0.3 is 5.11 Å². The highest BCUT2D eigenvalue weighted by molar-refractivity contribution is 5.82. The molecule has 6 heteroatoms. The monoisotopic (exact) mass is 244 g/mol. The zero-order chi connectivity index (χ0) is 13.5. The SMILES string of the molecule is N#CC(=C\C(=O)O)/C=C/c1ccc([N+](=O)[O-])cc1. The number of aliphatic carboxylic acids is 1. The van der Waals surface area contributed by atoms with E-state index in [1.807, 2.05) is 0 Å². The summed E-state index contributed by atoms with van der Waals surface area (Å²) in [5.74, 6) is -1.21. The average Bonchev–Trinajstić information content (AvgIpc) is 2.34. The number of carboxylic acids is 1. The van der Waals surface area contributed by atoms with Crippen LogP contribution in [-0.2, 0) is 4.79 Å². The van der Waals surface area contributed by atoms with Crippen molar-refractivity contribution < 1.29 is 14.8 Å². The Morgan fingerprint density at radius 3 is 2.44 bits per heavy atom. The molecule has 0 atom stereocenters. The Kier molecular flexibility index (Phi) is 4.35. The molecule has 1 N–H and O–H groups in total. The van der Waals surface area contributed by atoms with E-state index in [-0.39, 0.29) is 11.3 Å². The molecule has 0 radical (unpaired) electrons. The molecule has 1 aromatic rings. The second-order valence-electron chi connectivity index (χ2n) is 3.23. The van der Waals surface area contributed by atoms with Crippen molar-refractivity contribution in [2.24, 2.45) is 0 Å². The van der Waals surface area contributed by atoms with Crippen LogP contribution in [0.2, 0.25) is 0 Å². The van der Waals surface area contributed by atoms with Crippen LogP contribution in [0.3, 0.4) is 0 Å². The third kappa shape index (κ3) is 3.90. The number of non-ortho nitro benzene ring substituents is 1. The standard InChI is InChI=1S/C12H8N2O4/c13-8-10(7-12(15)16)2-1-9-3-5-11(6-4-9)14(17)18/h1-7H,(H,15,16)/b2-1+,10-7-. The first-order valence-electron chi connectivity index (χ1n) is 4.80. The van der Waals surface area contributed by atoms with E-state index in [0.29, 0.717) is 5.56 Å². The predicted molar refractivity (Wildman–Crippen MR) is 63.5 cm³/mol. The molecule has 0 bridgehead atoms. The summed E-state index contributed by atoms with van der Waals surface area (Å²) in [6, 6.07) is 7.38. The molecule has 0 saturated heterocycles. The van der Waals surface area contributed by atoms with Crippen molar-refractivity contribution in [3.05, 3.63) is 57.7 Å². The van der Waals surface area contributed by atoms with Crippen LogP contribution in [0.1, 0.15) is 5.56 Å². The Hall–Kier alpha value is -2.94. The number of nitrogens with zero attached hydrogens (tertiary/aromatic N) is 2. The summed E-state index contributed by atoms with van der Waals surface area (Å²) < 4.78 is 0. The van der Waals surface area contributed by atoms with Gasteiger partial charge in [-0.25, -0.2) is 4.79 Å². The summed E-state index contributed by atoms with van der Waals surface area (Å²) in [6.07, 6.45) is 3.61. The van der Waals surface area contributed by atoms with Crippen LogP contribution >= 0.6 is 0 Å². The minimum absolute atomic E-state index is 0.0131. The summed E-state index contributed by atoms with van der Waals surface area (Å²) in [7, 11) is 0. The average molecular weight is 244 g/mol. The highest BCUT2D eigenvalue weighted by atomic mass is 16.6. The summed E-state index contributed by atoms with van der Waals surface area (Å²) in [4.78, 5) is 20.3. The first kappa shape index (κ1) is 13.1. The molecule has 0 aliphatic heterocycles. The van der Waals surface area contributed by atoms with Gasteiger partial charge in [0.2, 0.25) is 0 Å². The number of nitriles is 1. The molecule has 1 rings (SSSR count). The van der Waals surface area contributed by atoms with E-state index in [2.05, 4.69) is 0 Å².